The molecular formula is C18H23NO4. The largest absolute Gasteiger partial charge is 0.466 e. The van der Waals surface area contributed by atoms with E-state index < -0.39 is 5.92 Å². The molecule has 2 rings (SSSR count). The van der Waals surface area contributed by atoms with E-state index in [-0.39, 0.29) is 36.0 Å². The van der Waals surface area contributed by atoms with E-state index in [1.807, 2.05) is 37.3 Å². The second-order valence-corrected chi connectivity index (χ2v) is 5.93. The Morgan fingerprint density at radius 2 is 1.96 bits per heavy atom. The van der Waals surface area contributed by atoms with Crippen LogP contribution in [0.1, 0.15) is 38.8 Å². The molecule has 0 radical (unpaired) electrons. The highest BCUT2D eigenvalue weighted by molar-refractivity contribution is 6.02. The summed E-state index contributed by atoms with van der Waals surface area (Å²) < 4.78 is 4.97. The molecule has 0 bridgehead atoms. The van der Waals surface area contributed by atoms with Gasteiger partial charge < -0.3 is 9.64 Å². The van der Waals surface area contributed by atoms with Crippen molar-refractivity contribution in [3.63, 3.8) is 0 Å². The van der Waals surface area contributed by atoms with Crippen LogP contribution < -0.4 is 0 Å². The summed E-state index contributed by atoms with van der Waals surface area (Å²) in [5.74, 6) is -1.79. The number of Topliss-reactive ketones (excluding diaryl/α,β-unsaturated/α-hetero) is 1. The van der Waals surface area contributed by atoms with Gasteiger partial charge in [0, 0.05) is 12.5 Å². The van der Waals surface area contributed by atoms with E-state index in [9.17, 15) is 14.4 Å². The first kappa shape index (κ1) is 17.2. The van der Waals surface area contributed by atoms with Gasteiger partial charge in [0.25, 0.3) is 0 Å². The number of ether oxygens (including phenoxy) is 1. The molecule has 0 spiro atoms. The molecule has 0 N–H and O–H groups in total. The molecule has 1 aliphatic rings. The maximum Gasteiger partial charge on any atom is 0.306 e. The minimum absolute atomic E-state index is 0.0990. The molecule has 0 unspecified atom stereocenters. The van der Waals surface area contributed by atoms with Crippen LogP contribution in [0, 0.1) is 11.8 Å². The molecule has 1 aromatic carbocycles. The van der Waals surface area contributed by atoms with E-state index in [0.29, 0.717) is 13.2 Å². The van der Waals surface area contributed by atoms with Crippen LogP contribution in [-0.2, 0) is 19.1 Å². The number of ketones is 1. The quantitative estimate of drug-likeness (QED) is 0.597. The van der Waals surface area contributed by atoms with Gasteiger partial charge in [0.15, 0.2) is 0 Å². The lowest BCUT2D eigenvalue weighted by Gasteiger charge is -2.25. The van der Waals surface area contributed by atoms with Gasteiger partial charge in [-0.2, -0.15) is 0 Å². The zero-order valence-corrected chi connectivity index (χ0v) is 13.8. The highest BCUT2D eigenvalue weighted by Gasteiger charge is 2.45. The summed E-state index contributed by atoms with van der Waals surface area (Å²) in [4.78, 5) is 38.0. The number of nitrogens with zero attached hydrogens (tertiary/aromatic N) is 1. The van der Waals surface area contributed by atoms with Crippen LogP contribution in [0.4, 0.5) is 0 Å². The number of hydrogen-bond acceptors (Lipinski definition) is 4. The Morgan fingerprint density at radius 3 is 2.52 bits per heavy atom. The molecule has 23 heavy (non-hydrogen) atoms. The maximum atomic E-state index is 12.7. The number of benzene rings is 1. The summed E-state index contributed by atoms with van der Waals surface area (Å²) in [7, 11) is 0. The van der Waals surface area contributed by atoms with Gasteiger partial charge >= 0.3 is 5.97 Å². The number of carbonyl (C=O) groups is 3. The fourth-order valence-corrected chi connectivity index (χ4v) is 3.21. The number of carbonyl (C=O) groups excluding carboxylic acids is 3. The molecule has 0 aliphatic carbocycles. The normalized spacial score (nSPS) is 22.0. The Morgan fingerprint density at radius 1 is 1.30 bits per heavy atom. The topological polar surface area (TPSA) is 63.7 Å². The third-order valence-electron chi connectivity index (χ3n) is 4.37. The first-order valence-corrected chi connectivity index (χ1v) is 7.97. The molecule has 1 aromatic rings. The minimum Gasteiger partial charge on any atom is -0.466 e. The fraction of sp³-hybridized carbons (Fsp3) is 0.500. The van der Waals surface area contributed by atoms with Crippen LogP contribution in [0.15, 0.2) is 30.3 Å². The van der Waals surface area contributed by atoms with Gasteiger partial charge in [-0.15, -0.1) is 0 Å². The number of likely N-dealkylation sites (tertiary alicyclic amines) is 1. The van der Waals surface area contributed by atoms with Crippen LogP contribution in [0.5, 0.6) is 0 Å². The third kappa shape index (κ3) is 3.78. The lowest BCUT2D eigenvalue weighted by Crippen LogP contribution is -2.32. The van der Waals surface area contributed by atoms with Gasteiger partial charge in [-0.1, -0.05) is 30.3 Å². The molecule has 5 heteroatoms. The predicted molar refractivity (Wildman–Crippen MR) is 85.5 cm³/mol. The standard InChI is InChI=1S/C18H23NO4/c1-4-23-16(21)10-15-11-19(18(22)17(15)13(3)20)12(2)14-8-6-5-7-9-14/h5-9,12,15,17H,4,10-11H2,1-3H3/t12-,15+,17-/m0/s1. The number of hydrogen-bond donors (Lipinski definition) is 0. The van der Waals surface area contributed by atoms with E-state index in [1.54, 1.807) is 11.8 Å². The predicted octanol–water partition coefficient (Wildman–Crippen LogP) is 2.36. The van der Waals surface area contributed by atoms with Crippen molar-refractivity contribution in [2.24, 2.45) is 11.8 Å². The van der Waals surface area contributed by atoms with Crippen molar-refractivity contribution >= 4 is 17.7 Å². The molecule has 1 amide bonds. The van der Waals surface area contributed by atoms with E-state index in [4.69, 9.17) is 4.74 Å². The number of esters is 1. The molecule has 3 atom stereocenters. The lowest BCUT2D eigenvalue weighted by atomic mass is 9.89. The molecule has 1 aliphatic heterocycles. The Kier molecular flexibility index (Phi) is 5.53. The fourth-order valence-electron chi connectivity index (χ4n) is 3.21. The van der Waals surface area contributed by atoms with Crippen LogP contribution in [0.3, 0.4) is 0 Å². The second kappa shape index (κ2) is 7.40. The Balaban J connectivity index is 2.18. The zero-order valence-electron chi connectivity index (χ0n) is 13.8. The van der Waals surface area contributed by atoms with Crippen molar-refractivity contribution in [2.45, 2.75) is 33.2 Å². The van der Waals surface area contributed by atoms with E-state index in [2.05, 4.69) is 0 Å². The maximum absolute atomic E-state index is 12.7. The molecule has 5 nitrogen and oxygen atoms in total. The van der Waals surface area contributed by atoms with Crippen LogP contribution >= 0.6 is 0 Å². The van der Waals surface area contributed by atoms with Gasteiger partial charge in [-0.05, 0) is 26.3 Å². The van der Waals surface area contributed by atoms with Crippen LogP contribution in [-0.4, -0.2) is 35.7 Å². The van der Waals surface area contributed by atoms with Crippen LogP contribution in [0.25, 0.3) is 0 Å². The summed E-state index contributed by atoms with van der Waals surface area (Å²) in [6, 6.07) is 9.55. The molecule has 0 saturated carbocycles. The Hall–Kier alpha value is -2.17. The lowest BCUT2D eigenvalue weighted by molar-refractivity contribution is -0.144. The summed E-state index contributed by atoms with van der Waals surface area (Å²) in [5, 5.41) is 0. The van der Waals surface area contributed by atoms with Crippen molar-refractivity contribution in [1.82, 2.24) is 4.90 Å². The van der Waals surface area contributed by atoms with E-state index in [0.717, 1.165) is 5.56 Å². The Bertz CT molecular complexity index is 584. The average molecular weight is 317 g/mol. The summed E-state index contributed by atoms with van der Waals surface area (Å²) in [6.07, 6.45) is 0.0990. The van der Waals surface area contributed by atoms with Crippen molar-refractivity contribution in [2.75, 3.05) is 13.2 Å². The highest BCUT2D eigenvalue weighted by atomic mass is 16.5. The van der Waals surface area contributed by atoms with Gasteiger partial charge in [0.05, 0.1) is 19.1 Å². The van der Waals surface area contributed by atoms with Gasteiger partial charge in [-0.3, -0.25) is 14.4 Å². The zero-order chi connectivity index (χ0) is 17.0. The SMILES string of the molecule is CCOC(=O)C[C@@H]1CN([C@@H](C)c2ccccc2)C(=O)[C@H]1C(C)=O. The van der Waals surface area contributed by atoms with Crippen molar-refractivity contribution < 1.29 is 19.1 Å². The summed E-state index contributed by atoms with van der Waals surface area (Å²) in [6.45, 7) is 5.80. The van der Waals surface area contributed by atoms with Gasteiger partial charge in [0.2, 0.25) is 5.91 Å². The minimum atomic E-state index is -0.745. The highest BCUT2D eigenvalue weighted by Crippen LogP contribution is 2.34. The smallest absolute Gasteiger partial charge is 0.306 e. The molecule has 0 aromatic heterocycles. The van der Waals surface area contributed by atoms with Crippen molar-refractivity contribution in [1.29, 1.82) is 0 Å². The van der Waals surface area contributed by atoms with Crippen molar-refractivity contribution in [3.8, 4) is 0 Å². The van der Waals surface area contributed by atoms with Gasteiger partial charge in [0.1, 0.15) is 11.7 Å². The molecular weight excluding hydrogens is 294 g/mol. The molecule has 1 saturated heterocycles. The first-order valence-electron chi connectivity index (χ1n) is 7.97. The number of rotatable bonds is 6. The van der Waals surface area contributed by atoms with E-state index in [1.165, 1.54) is 6.92 Å². The Labute approximate surface area is 136 Å². The monoisotopic (exact) mass is 317 g/mol. The molecule has 124 valence electrons. The number of amides is 1. The first-order chi connectivity index (χ1) is 11.0. The van der Waals surface area contributed by atoms with Gasteiger partial charge in [-0.25, -0.2) is 0 Å². The van der Waals surface area contributed by atoms with Crippen LogP contribution in [0.2, 0.25) is 0 Å². The molecule has 1 fully saturated rings. The third-order valence-corrected chi connectivity index (χ3v) is 4.37. The summed E-state index contributed by atoms with van der Waals surface area (Å²) in [5.41, 5.74) is 1.01. The second-order valence-electron chi connectivity index (χ2n) is 5.93. The van der Waals surface area contributed by atoms with E-state index >= 15 is 0 Å². The molecule has 1 heterocycles. The average Bonchev–Trinajstić information content (AvgIpc) is 2.84. The van der Waals surface area contributed by atoms with Crippen molar-refractivity contribution in [3.05, 3.63) is 35.9 Å². The summed E-state index contributed by atoms with van der Waals surface area (Å²) >= 11 is 0.